The van der Waals surface area contributed by atoms with Gasteiger partial charge in [0.1, 0.15) is 11.9 Å². The van der Waals surface area contributed by atoms with Gasteiger partial charge in [0.2, 0.25) is 11.8 Å². The summed E-state index contributed by atoms with van der Waals surface area (Å²) in [7, 11) is 0. The highest BCUT2D eigenvalue weighted by Gasteiger charge is 2.53. The van der Waals surface area contributed by atoms with Crippen LogP contribution in [0.15, 0.2) is 24.3 Å². The van der Waals surface area contributed by atoms with Crippen LogP contribution in [0.3, 0.4) is 0 Å². The SMILES string of the molecule is CC(=O)NCCNC(=O)[C@@H]1C[C@@H](O)[C@H](O)[C@@H]2NC(=S)N(c3ccc(OC(F)(F)F)cc3)[C@@H]21. The van der Waals surface area contributed by atoms with E-state index in [1.54, 1.807) is 4.90 Å². The second kappa shape index (κ2) is 9.46. The minimum atomic E-state index is -4.83. The first kappa shape index (κ1) is 24.0. The van der Waals surface area contributed by atoms with Crippen LogP contribution in [0, 0.1) is 5.92 Å². The maximum Gasteiger partial charge on any atom is 0.573 e. The van der Waals surface area contributed by atoms with Crippen molar-refractivity contribution in [2.45, 2.75) is 44.0 Å². The van der Waals surface area contributed by atoms with Gasteiger partial charge < -0.3 is 35.8 Å². The van der Waals surface area contributed by atoms with Gasteiger partial charge in [-0.2, -0.15) is 0 Å². The number of nitrogens with zero attached hydrogens (tertiary/aromatic N) is 1. The number of fused-ring (bicyclic) bond motifs is 1. The Labute approximate surface area is 186 Å². The molecule has 0 spiro atoms. The average molecular weight is 476 g/mol. The minimum absolute atomic E-state index is 0.0512. The molecule has 9 nitrogen and oxygen atoms in total. The molecular formula is C19H23F3N4O5S. The van der Waals surface area contributed by atoms with Crippen LogP contribution in [0.4, 0.5) is 18.9 Å². The van der Waals surface area contributed by atoms with E-state index in [2.05, 4.69) is 20.7 Å². The van der Waals surface area contributed by atoms with Gasteiger partial charge in [-0.25, -0.2) is 0 Å². The van der Waals surface area contributed by atoms with Crippen LogP contribution >= 0.6 is 12.2 Å². The Morgan fingerprint density at radius 1 is 1.22 bits per heavy atom. The van der Waals surface area contributed by atoms with Crippen LogP contribution in [0.2, 0.25) is 0 Å². The summed E-state index contributed by atoms with van der Waals surface area (Å²) < 4.78 is 41.2. The third-order valence-electron chi connectivity index (χ3n) is 5.33. The van der Waals surface area contributed by atoms with Crippen LogP contribution in [0.5, 0.6) is 5.75 Å². The lowest BCUT2D eigenvalue weighted by Crippen LogP contribution is -2.61. The summed E-state index contributed by atoms with van der Waals surface area (Å²) >= 11 is 5.36. The molecule has 176 valence electrons. The molecule has 32 heavy (non-hydrogen) atoms. The number of halogens is 3. The summed E-state index contributed by atoms with van der Waals surface area (Å²) in [6, 6.07) is 3.49. The van der Waals surface area contributed by atoms with Crippen molar-refractivity contribution in [2.75, 3.05) is 18.0 Å². The highest BCUT2D eigenvalue weighted by atomic mass is 32.1. The summed E-state index contributed by atoms with van der Waals surface area (Å²) in [5.74, 6) is -1.87. The number of benzene rings is 1. The predicted molar refractivity (Wildman–Crippen MR) is 111 cm³/mol. The van der Waals surface area contributed by atoms with Crippen molar-refractivity contribution in [2.24, 2.45) is 5.92 Å². The number of carbonyl (C=O) groups excluding carboxylic acids is 2. The van der Waals surface area contributed by atoms with Gasteiger partial charge in [-0.1, -0.05) is 0 Å². The van der Waals surface area contributed by atoms with Gasteiger partial charge in [-0.05, 0) is 42.9 Å². The van der Waals surface area contributed by atoms with Crippen molar-refractivity contribution < 1.29 is 37.7 Å². The molecule has 1 aromatic rings. The fraction of sp³-hybridized carbons (Fsp3) is 0.526. The fourth-order valence-electron chi connectivity index (χ4n) is 4.00. The molecule has 1 saturated heterocycles. The van der Waals surface area contributed by atoms with Gasteiger partial charge in [0, 0.05) is 25.7 Å². The lowest BCUT2D eigenvalue weighted by Gasteiger charge is -2.41. The Kier molecular flexibility index (Phi) is 7.10. The van der Waals surface area contributed by atoms with Crippen LogP contribution in [-0.4, -0.2) is 70.9 Å². The Morgan fingerprint density at radius 2 is 1.84 bits per heavy atom. The van der Waals surface area contributed by atoms with Crippen molar-refractivity contribution in [3.05, 3.63) is 24.3 Å². The summed E-state index contributed by atoms with van der Waals surface area (Å²) in [4.78, 5) is 25.4. The average Bonchev–Trinajstić information content (AvgIpc) is 3.04. The van der Waals surface area contributed by atoms with E-state index in [1.165, 1.54) is 19.1 Å². The number of thiocarbonyl (C=S) groups is 1. The van der Waals surface area contributed by atoms with Gasteiger partial charge in [0.05, 0.1) is 24.1 Å². The molecule has 0 radical (unpaired) electrons. The number of ether oxygens (including phenoxy) is 1. The van der Waals surface area contributed by atoms with Gasteiger partial charge >= 0.3 is 6.36 Å². The summed E-state index contributed by atoms with van der Waals surface area (Å²) in [6.07, 6.45) is -7.27. The quantitative estimate of drug-likeness (QED) is 0.288. The van der Waals surface area contributed by atoms with Crippen molar-refractivity contribution in [1.82, 2.24) is 16.0 Å². The number of aliphatic hydroxyl groups excluding tert-OH is 2. The topological polar surface area (TPSA) is 123 Å². The lowest BCUT2D eigenvalue weighted by molar-refractivity contribution is -0.274. The lowest BCUT2D eigenvalue weighted by atomic mass is 9.77. The molecule has 1 heterocycles. The summed E-state index contributed by atoms with van der Waals surface area (Å²) in [5.41, 5.74) is 0.393. The summed E-state index contributed by atoms with van der Waals surface area (Å²) in [5, 5.41) is 29.0. The van der Waals surface area contributed by atoms with Crippen LogP contribution < -0.4 is 25.6 Å². The second-order valence-electron chi connectivity index (χ2n) is 7.55. The zero-order valence-electron chi connectivity index (χ0n) is 16.9. The maximum atomic E-state index is 12.9. The number of anilines is 1. The first-order valence-electron chi connectivity index (χ1n) is 9.82. The molecule has 5 atom stereocenters. The molecular weight excluding hydrogens is 453 g/mol. The Hall–Kier alpha value is -2.64. The Bertz CT molecular complexity index is 870. The Balaban J connectivity index is 1.81. The monoisotopic (exact) mass is 476 g/mol. The van der Waals surface area contributed by atoms with Crippen molar-refractivity contribution in [3.8, 4) is 5.75 Å². The molecule has 13 heteroatoms. The number of hydrogen-bond donors (Lipinski definition) is 5. The minimum Gasteiger partial charge on any atom is -0.406 e. The smallest absolute Gasteiger partial charge is 0.406 e. The first-order chi connectivity index (χ1) is 15.0. The fourth-order valence-corrected chi connectivity index (χ4v) is 4.37. The molecule has 1 aliphatic carbocycles. The highest BCUT2D eigenvalue weighted by Crippen LogP contribution is 2.37. The van der Waals surface area contributed by atoms with Crippen molar-refractivity contribution >= 4 is 34.8 Å². The van der Waals surface area contributed by atoms with Crippen molar-refractivity contribution in [1.29, 1.82) is 0 Å². The summed E-state index contributed by atoms with van der Waals surface area (Å²) in [6.45, 7) is 1.72. The van der Waals surface area contributed by atoms with E-state index in [4.69, 9.17) is 12.2 Å². The molecule has 1 saturated carbocycles. The molecule has 5 N–H and O–H groups in total. The van der Waals surface area contributed by atoms with Gasteiger partial charge in [-0.3, -0.25) is 9.59 Å². The third kappa shape index (κ3) is 5.40. The molecule has 1 aliphatic heterocycles. The highest BCUT2D eigenvalue weighted by molar-refractivity contribution is 7.80. The number of carbonyl (C=O) groups is 2. The van der Waals surface area contributed by atoms with Gasteiger partial charge in [0.15, 0.2) is 5.11 Å². The standard InChI is InChI=1S/C19H23F3N4O5S/c1-9(27)23-6-7-24-17(30)12-8-13(28)16(29)14-15(12)26(18(32)25-14)10-2-4-11(5-3-10)31-19(20,21)22/h2-5,12-16,28-29H,6-8H2,1H3,(H,23,27)(H,24,30)(H,25,32)/t12-,13-,14-,15-,16+/m1/s1. The van der Waals surface area contributed by atoms with E-state index < -0.39 is 48.2 Å². The third-order valence-corrected chi connectivity index (χ3v) is 5.64. The van der Waals surface area contributed by atoms with Crippen molar-refractivity contribution in [3.63, 3.8) is 0 Å². The van der Waals surface area contributed by atoms with E-state index in [0.717, 1.165) is 12.1 Å². The largest absolute Gasteiger partial charge is 0.573 e. The molecule has 2 fully saturated rings. The molecule has 0 unspecified atom stereocenters. The molecule has 2 aliphatic rings. The van der Waals surface area contributed by atoms with Crippen LogP contribution in [0.1, 0.15) is 13.3 Å². The number of hydrogen-bond acceptors (Lipinski definition) is 6. The van der Waals surface area contributed by atoms with E-state index in [1.807, 2.05) is 0 Å². The van der Waals surface area contributed by atoms with Crippen LogP contribution in [-0.2, 0) is 9.59 Å². The molecule has 1 aromatic carbocycles. The van der Waals surface area contributed by atoms with E-state index in [0.29, 0.717) is 5.69 Å². The predicted octanol–water partition coefficient (Wildman–Crippen LogP) is 0.0109. The molecule has 0 aromatic heterocycles. The molecule has 0 bridgehead atoms. The first-order valence-corrected chi connectivity index (χ1v) is 10.2. The number of rotatable bonds is 6. The zero-order chi connectivity index (χ0) is 23.6. The van der Waals surface area contributed by atoms with E-state index in [9.17, 15) is 33.0 Å². The Morgan fingerprint density at radius 3 is 2.44 bits per heavy atom. The number of alkyl halides is 3. The maximum absolute atomic E-state index is 12.9. The molecule has 3 rings (SSSR count). The van der Waals surface area contributed by atoms with E-state index in [-0.39, 0.29) is 30.5 Å². The zero-order valence-corrected chi connectivity index (χ0v) is 17.7. The molecule has 2 amide bonds. The second-order valence-corrected chi connectivity index (χ2v) is 7.94. The number of aliphatic hydroxyl groups is 2. The van der Waals surface area contributed by atoms with Crippen LogP contribution in [0.25, 0.3) is 0 Å². The number of nitrogens with one attached hydrogen (secondary N) is 3. The number of amides is 2. The van der Waals surface area contributed by atoms with Gasteiger partial charge in [0.25, 0.3) is 0 Å². The van der Waals surface area contributed by atoms with Gasteiger partial charge in [-0.15, -0.1) is 13.2 Å². The normalized spacial score (nSPS) is 27.4. The van der Waals surface area contributed by atoms with E-state index >= 15 is 0 Å².